The minimum absolute atomic E-state index is 0.799. The molecule has 25 heavy (non-hydrogen) atoms. The van der Waals surface area contributed by atoms with Crippen LogP contribution in [0.2, 0.25) is 0 Å². The Morgan fingerprint density at radius 2 is 1.76 bits per heavy atom. The smallest absolute Gasteiger partial charge is 0.225 e. The van der Waals surface area contributed by atoms with Crippen molar-refractivity contribution in [1.82, 2.24) is 29.7 Å². The summed E-state index contributed by atoms with van der Waals surface area (Å²) >= 11 is 0. The summed E-state index contributed by atoms with van der Waals surface area (Å²) in [5, 5.41) is 5.39. The number of nitrogens with zero attached hydrogens (tertiary/aromatic N) is 8. The highest BCUT2D eigenvalue weighted by atomic mass is 15.3. The number of hydrogen-bond acceptors (Lipinski definition) is 7. The van der Waals surface area contributed by atoms with Crippen molar-refractivity contribution in [3.8, 4) is 0 Å². The minimum Gasteiger partial charge on any atom is -0.354 e. The van der Waals surface area contributed by atoms with Crippen LogP contribution in [0, 0.1) is 0 Å². The summed E-state index contributed by atoms with van der Waals surface area (Å²) in [4.78, 5) is 22.8. The van der Waals surface area contributed by atoms with E-state index in [1.165, 1.54) is 0 Å². The number of hydrogen-bond donors (Lipinski definition) is 0. The molecule has 1 saturated heterocycles. The molecule has 8 nitrogen and oxygen atoms in total. The van der Waals surface area contributed by atoms with Crippen LogP contribution in [0.25, 0.3) is 11.0 Å². The summed E-state index contributed by atoms with van der Waals surface area (Å²) in [5.41, 5.74) is 0.898. The Bertz CT molecular complexity index is 860. The first-order chi connectivity index (χ1) is 12.3. The highest BCUT2D eigenvalue weighted by Gasteiger charge is 2.21. The average molecular weight is 338 g/mol. The van der Waals surface area contributed by atoms with E-state index < -0.39 is 0 Å². The molecule has 1 aliphatic heterocycles. The van der Waals surface area contributed by atoms with Gasteiger partial charge in [-0.05, 0) is 12.5 Å². The lowest BCUT2D eigenvalue weighted by atomic mass is 10.3. The van der Waals surface area contributed by atoms with Gasteiger partial charge >= 0.3 is 0 Å². The minimum atomic E-state index is 0.799. The van der Waals surface area contributed by atoms with E-state index in [1.807, 2.05) is 24.0 Å². The maximum absolute atomic E-state index is 4.81. The zero-order valence-electron chi connectivity index (χ0n) is 14.6. The van der Waals surface area contributed by atoms with Crippen LogP contribution in [0.1, 0.15) is 19.2 Å². The molecule has 1 fully saturated rings. The Kier molecular flexibility index (Phi) is 4.17. The molecule has 0 unspecified atom stereocenters. The van der Waals surface area contributed by atoms with Crippen molar-refractivity contribution >= 4 is 22.8 Å². The second kappa shape index (κ2) is 6.62. The fourth-order valence-corrected chi connectivity index (χ4v) is 3.23. The van der Waals surface area contributed by atoms with E-state index in [2.05, 4.69) is 36.8 Å². The number of aromatic nitrogens is 6. The summed E-state index contributed by atoms with van der Waals surface area (Å²) in [5.74, 6) is 2.65. The van der Waals surface area contributed by atoms with Crippen LogP contribution in [0.5, 0.6) is 0 Å². The SMILES string of the molecule is CCc1nc(N2CCCN(c3ncccn3)CC2)c2cnn(C)c2n1. The van der Waals surface area contributed by atoms with Gasteiger partial charge in [-0.25, -0.2) is 19.9 Å². The molecular formula is C17H22N8. The lowest BCUT2D eigenvalue weighted by molar-refractivity contribution is 0.773. The molecule has 4 heterocycles. The van der Waals surface area contributed by atoms with Gasteiger partial charge in [0.1, 0.15) is 11.6 Å². The molecule has 0 saturated carbocycles. The van der Waals surface area contributed by atoms with Gasteiger partial charge in [0.15, 0.2) is 5.65 Å². The molecule has 0 N–H and O–H groups in total. The first-order valence-corrected chi connectivity index (χ1v) is 8.72. The van der Waals surface area contributed by atoms with Crippen molar-refractivity contribution < 1.29 is 0 Å². The summed E-state index contributed by atoms with van der Waals surface area (Å²) in [7, 11) is 1.93. The van der Waals surface area contributed by atoms with E-state index in [4.69, 9.17) is 4.98 Å². The summed E-state index contributed by atoms with van der Waals surface area (Å²) in [6.45, 7) is 5.73. The van der Waals surface area contributed by atoms with Gasteiger partial charge in [0.2, 0.25) is 5.95 Å². The predicted octanol–water partition coefficient (Wildman–Crippen LogP) is 1.43. The van der Waals surface area contributed by atoms with E-state index in [1.54, 1.807) is 12.4 Å². The van der Waals surface area contributed by atoms with Crippen LogP contribution >= 0.6 is 0 Å². The van der Waals surface area contributed by atoms with E-state index in [9.17, 15) is 0 Å². The number of aryl methyl sites for hydroxylation is 2. The summed E-state index contributed by atoms with van der Waals surface area (Å²) < 4.78 is 1.82. The molecule has 4 rings (SSSR count). The Hall–Kier alpha value is -2.77. The van der Waals surface area contributed by atoms with Crippen LogP contribution in [0.15, 0.2) is 24.7 Å². The second-order valence-electron chi connectivity index (χ2n) is 6.20. The normalized spacial score (nSPS) is 15.6. The third-order valence-electron chi connectivity index (χ3n) is 4.56. The van der Waals surface area contributed by atoms with Gasteiger partial charge in [0, 0.05) is 52.0 Å². The van der Waals surface area contributed by atoms with Gasteiger partial charge in [-0.2, -0.15) is 5.10 Å². The van der Waals surface area contributed by atoms with Crippen molar-refractivity contribution in [2.45, 2.75) is 19.8 Å². The van der Waals surface area contributed by atoms with Crippen LogP contribution in [0.3, 0.4) is 0 Å². The molecule has 0 bridgehead atoms. The fraction of sp³-hybridized carbons (Fsp3) is 0.471. The van der Waals surface area contributed by atoms with Gasteiger partial charge in [0.25, 0.3) is 0 Å². The lowest BCUT2D eigenvalue weighted by Crippen LogP contribution is -2.32. The second-order valence-corrected chi connectivity index (χ2v) is 6.20. The zero-order valence-corrected chi connectivity index (χ0v) is 14.6. The predicted molar refractivity (Wildman–Crippen MR) is 96.8 cm³/mol. The third-order valence-corrected chi connectivity index (χ3v) is 4.56. The van der Waals surface area contributed by atoms with Crippen LogP contribution in [0.4, 0.5) is 11.8 Å². The fourth-order valence-electron chi connectivity index (χ4n) is 3.23. The van der Waals surface area contributed by atoms with Gasteiger partial charge in [0.05, 0.1) is 11.6 Å². The van der Waals surface area contributed by atoms with Crippen molar-refractivity contribution in [3.05, 3.63) is 30.5 Å². The third kappa shape index (κ3) is 2.99. The molecule has 130 valence electrons. The standard InChI is InChI=1S/C17H22N8/c1-3-14-21-15-13(12-20-23(15)2)16(22-14)24-8-5-9-25(11-10-24)17-18-6-4-7-19-17/h4,6-7,12H,3,5,8-11H2,1-2H3. The Morgan fingerprint density at radius 1 is 1.00 bits per heavy atom. The summed E-state index contributed by atoms with van der Waals surface area (Å²) in [6, 6.07) is 1.85. The van der Waals surface area contributed by atoms with Crippen molar-refractivity contribution in [2.24, 2.45) is 7.05 Å². The largest absolute Gasteiger partial charge is 0.354 e. The zero-order chi connectivity index (χ0) is 17.2. The van der Waals surface area contributed by atoms with Gasteiger partial charge in [-0.15, -0.1) is 0 Å². The van der Waals surface area contributed by atoms with Gasteiger partial charge < -0.3 is 9.80 Å². The molecule has 1 aliphatic rings. The number of anilines is 2. The molecule has 0 amide bonds. The Morgan fingerprint density at radius 3 is 2.56 bits per heavy atom. The van der Waals surface area contributed by atoms with E-state index in [-0.39, 0.29) is 0 Å². The molecule has 3 aromatic heterocycles. The van der Waals surface area contributed by atoms with E-state index in [0.29, 0.717) is 0 Å². The van der Waals surface area contributed by atoms with Gasteiger partial charge in [-0.1, -0.05) is 6.92 Å². The molecule has 8 heteroatoms. The quantitative estimate of drug-likeness (QED) is 0.715. The molecule has 0 aliphatic carbocycles. The molecule has 0 spiro atoms. The van der Waals surface area contributed by atoms with Crippen LogP contribution < -0.4 is 9.80 Å². The van der Waals surface area contributed by atoms with Crippen molar-refractivity contribution in [2.75, 3.05) is 36.0 Å². The average Bonchev–Trinajstić information content (AvgIpc) is 2.88. The summed E-state index contributed by atoms with van der Waals surface area (Å²) in [6.07, 6.45) is 7.30. The van der Waals surface area contributed by atoms with E-state index >= 15 is 0 Å². The topological polar surface area (TPSA) is 75.9 Å². The Labute approximate surface area is 146 Å². The molecular weight excluding hydrogens is 316 g/mol. The number of rotatable bonds is 3. The highest BCUT2D eigenvalue weighted by molar-refractivity contribution is 5.87. The lowest BCUT2D eigenvalue weighted by Gasteiger charge is -2.23. The molecule has 0 radical (unpaired) electrons. The monoisotopic (exact) mass is 338 g/mol. The molecule has 3 aromatic rings. The number of fused-ring (bicyclic) bond motifs is 1. The highest BCUT2D eigenvalue weighted by Crippen LogP contribution is 2.25. The Balaban J connectivity index is 1.63. The van der Waals surface area contributed by atoms with Crippen molar-refractivity contribution in [3.63, 3.8) is 0 Å². The van der Waals surface area contributed by atoms with Crippen LogP contribution in [-0.4, -0.2) is 55.9 Å². The first kappa shape index (κ1) is 15.7. The molecule has 0 aromatic carbocycles. The maximum atomic E-state index is 4.81. The maximum Gasteiger partial charge on any atom is 0.225 e. The first-order valence-electron chi connectivity index (χ1n) is 8.72. The van der Waals surface area contributed by atoms with Gasteiger partial charge in [-0.3, -0.25) is 4.68 Å². The van der Waals surface area contributed by atoms with E-state index in [0.717, 1.165) is 67.6 Å². The van der Waals surface area contributed by atoms with Crippen LogP contribution in [-0.2, 0) is 13.5 Å². The van der Waals surface area contributed by atoms with Crippen molar-refractivity contribution in [1.29, 1.82) is 0 Å². The molecule has 0 atom stereocenters.